The topological polar surface area (TPSA) is 105 Å². The van der Waals surface area contributed by atoms with Gasteiger partial charge in [-0.3, -0.25) is 0 Å². The Labute approximate surface area is 197 Å². The average Bonchev–Trinajstić information content (AvgIpc) is 2.76. The standard InChI is InChI=1S/C25H40O8/c1-5-30-22(26)18-20(24(28)32-7-3)16-14-12-10-9-11-13-15-17-21(25(29)33-8-4)19-23(27)31-6-2/h18-19H,5-17H2,1-4H3/b20-18-,21-19-. The molecule has 8 heteroatoms. The van der Waals surface area contributed by atoms with Crippen molar-refractivity contribution in [1.82, 2.24) is 0 Å². The molecular weight excluding hydrogens is 428 g/mol. The minimum absolute atomic E-state index is 0.255. The van der Waals surface area contributed by atoms with Gasteiger partial charge >= 0.3 is 23.9 Å². The van der Waals surface area contributed by atoms with Crippen LogP contribution in [-0.4, -0.2) is 50.3 Å². The molecule has 0 saturated carbocycles. The first-order valence-electron chi connectivity index (χ1n) is 12.0. The molecule has 0 aromatic carbocycles. The largest absolute Gasteiger partial charge is 0.463 e. The highest BCUT2D eigenvalue weighted by Gasteiger charge is 2.14. The fourth-order valence-corrected chi connectivity index (χ4v) is 3.08. The Balaban J connectivity index is 4.29. The van der Waals surface area contributed by atoms with Gasteiger partial charge in [-0.25, -0.2) is 19.2 Å². The monoisotopic (exact) mass is 468 g/mol. The Kier molecular flexibility index (Phi) is 18.4. The maximum Gasteiger partial charge on any atom is 0.334 e. The molecule has 0 aliphatic heterocycles. The van der Waals surface area contributed by atoms with Crippen LogP contribution in [0.5, 0.6) is 0 Å². The van der Waals surface area contributed by atoms with Crippen LogP contribution >= 0.6 is 0 Å². The second-order valence-electron chi connectivity index (χ2n) is 7.26. The maximum atomic E-state index is 12.0. The summed E-state index contributed by atoms with van der Waals surface area (Å²) in [6.45, 7) is 7.90. The third-order valence-corrected chi connectivity index (χ3v) is 4.62. The Morgan fingerprint density at radius 3 is 1.09 bits per heavy atom. The van der Waals surface area contributed by atoms with Crippen LogP contribution in [0.3, 0.4) is 0 Å². The Bertz CT molecular complexity index is 607. The smallest absolute Gasteiger partial charge is 0.334 e. The summed E-state index contributed by atoms with van der Waals surface area (Å²) in [5.41, 5.74) is 0.686. The first-order chi connectivity index (χ1) is 15.9. The summed E-state index contributed by atoms with van der Waals surface area (Å²) in [5.74, 6) is -2.00. The molecule has 0 amide bonds. The molecule has 0 fully saturated rings. The molecule has 0 radical (unpaired) electrons. The van der Waals surface area contributed by atoms with Crippen LogP contribution < -0.4 is 0 Å². The lowest BCUT2D eigenvalue weighted by atomic mass is 10.0. The normalized spacial score (nSPS) is 11.6. The van der Waals surface area contributed by atoms with Crippen LogP contribution in [0.4, 0.5) is 0 Å². The van der Waals surface area contributed by atoms with Gasteiger partial charge in [-0.05, 0) is 53.4 Å². The zero-order chi connectivity index (χ0) is 24.9. The summed E-state index contributed by atoms with van der Waals surface area (Å²) in [5, 5.41) is 0. The number of carbonyl (C=O) groups excluding carboxylic acids is 4. The summed E-state index contributed by atoms with van der Waals surface area (Å²) in [4.78, 5) is 47.3. The van der Waals surface area contributed by atoms with Gasteiger partial charge in [-0.2, -0.15) is 0 Å². The Morgan fingerprint density at radius 1 is 0.485 bits per heavy atom. The second-order valence-corrected chi connectivity index (χ2v) is 7.26. The van der Waals surface area contributed by atoms with E-state index in [2.05, 4.69) is 0 Å². The van der Waals surface area contributed by atoms with Crippen molar-refractivity contribution in [3.05, 3.63) is 23.3 Å². The van der Waals surface area contributed by atoms with E-state index in [9.17, 15) is 19.2 Å². The molecular formula is C25H40O8. The van der Waals surface area contributed by atoms with E-state index >= 15 is 0 Å². The third kappa shape index (κ3) is 15.7. The highest BCUT2D eigenvalue weighted by molar-refractivity contribution is 5.96. The van der Waals surface area contributed by atoms with Crippen LogP contribution in [0.25, 0.3) is 0 Å². The summed E-state index contributed by atoms with van der Waals surface area (Å²) >= 11 is 0. The van der Waals surface area contributed by atoms with Crippen molar-refractivity contribution < 1.29 is 38.1 Å². The van der Waals surface area contributed by atoms with Gasteiger partial charge in [0.1, 0.15) is 0 Å². The third-order valence-electron chi connectivity index (χ3n) is 4.62. The van der Waals surface area contributed by atoms with E-state index in [1.165, 1.54) is 12.2 Å². The number of hydrogen-bond acceptors (Lipinski definition) is 8. The molecule has 0 saturated heterocycles. The number of esters is 4. The van der Waals surface area contributed by atoms with E-state index < -0.39 is 23.9 Å². The molecule has 8 nitrogen and oxygen atoms in total. The SMILES string of the molecule is CCOC(=O)/C=C(/CCCCCCCCC/C(=C/C(=O)OCC)C(=O)OCC)C(=O)OCC. The second kappa shape index (κ2) is 20.0. The molecule has 0 aromatic rings. The van der Waals surface area contributed by atoms with Crippen LogP contribution in [-0.2, 0) is 38.1 Å². The van der Waals surface area contributed by atoms with Crippen LogP contribution in [0.1, 0.15) is 85.5 Å². The van der Waals surface area contributed by atoms with Crippen molar-refractivity contribution in [3.8, 4) is 0 Å². The van der Waals surface area contributed by atoms with E-state index in [0.29, 0.717) is 24.0 Å². The van der Waals surface area contributed by atoms with Crippen molar-refractivity contribution in [1.29, 1.82) is 0 Å². The lowest BCUT2D eigenvalue weighted by Gasteiger charge is -2.08. The molecule has 0 aromatic heterocycles. The predicted molar refractivity (Wildman–Crippen MR) is 124 cm³/mol. The molecule has 0 N–H and O–H groups in total. The van der Waals surface area contributed by atoms with E-state index in [4.69, 9.17) is 18.9 Å². The van der Waals surface area contributed by atoms with Gasteiger partial charge < -0.3 is 18.9 Å². The minimum atomic E-state index is -0.528. The van der Waals surface area contributed by atoms with E-state index in [-0.39, 0.29) is 26.4 Å². The van der Waals surface area contributed by atoms with Crippen LogP contribution in [0.2, 0.25) is 0 Å². The summed E-state index contributed by atoms with van der Waals surface area (Å²) < 4.78 is 19.8. The molecule has 0 heterocycles. The molecule has 0 rings (SSSR count). The van der Waals surface area contributed by atoms with Crippen molar-refractivity contribution in [2.24, 2.45) is 0 Å². The fraction of sp³-hybridized carbons (Fsp3) is 0.680. The number of rotatable bonds is 18. The zero-order valence-corrected chi connectivity index (χ0v) is 20.6. The average molecular weight is 469 g/mol. The number of unbranched alkanes of at least 4 members (excludes halogenated alkanes) is 6. The molecule has 0 bridgehead atoms. The Hall–Kier alpha value is -2.64. The van der Waals surface area contributed by atoms with E-state index in [1.54, 1.807) is 27.7 Å². The van der Waals surface area contributed by atoms with Crippen molar-refractivity contribution in [3.63, 3.8) is 0 Å². The van der Waals surface area contributed by atoms with Crippen molar-refractivity contribution in [2.45, 2.75) is 85.5 Å². The van der Waals surface area contributed by atoms with Crippen LogP contribution in [0, 0.1) is 0 Å². The Morgan fingerprint density at radius 2 is 0.788 bits per heavy atom. The summed E-state index contributed by atoms with van der Waals surface area (Å²) in [6, 6.07) is 0. The fourth-order valence-electron chi connectivity index (χ4n) is 3.08. The minimum Gasteiger partial charge on any atom is -0.463 e. The molecule has 33 heavy (non-hydrogen) atoms. The summed E-state index contributed by atoms with van der Waals surface area (Å²) in [6.07, 6.45) is 9.83. The predicted octanol–water partition coefficient (Wildman–Crippen LogP) is 4.60. The maximum absolute atomic E-state index is 12.0. The zero-order valence-electron chi connectivity index (χ0n) is 20.6. The first kappa shape index (κ1) is 30.4. The molecule has 0 atom stereocenters. The van der Waals surface area contributed by atoms with Crippen LogP contribution in [0.15, 0.2) is 23.3 Å². The lowest BCUT2D eigenvalue weighted by molar-refractivity contribution is -0.141. The number of ether oxygens (including phenoxy) is 4. The van der Waals surface area contributed by atoms with Gasteiger partial charge in [0.25, 0.3) is 0 Å². The quantitative estimate of drug-likeness (QED) is 0.124. The van der Waals surface area contributed by atoms with Gasteiger partial charge in [0, 0.05) is 23.3 Å². The molecule has 188 valence electrons. The van der Waals surface area contributed by atoms with Crippen molar-refractivity contribution >= 4 is 23.9 Å². The molecule has 0 spiro atoms. The highest BCUT2D eigenvalue weighted by Crippen LogP contribution is 2.16. The van der Waals surface area contributed by atoms with Crippen molar-refractivity contribution in [2.75, 3.05) is 26.4 Å². The van der Waals surface area contributed by atoms with Gasteiger partial charge in [0.15, 0.2) is 0 Å². The molecule has 0 aliphatic carbocycles. The van der Waals surface area contributed by atoms with E-state index in [0.717, 1.165) is 44.9 Å². The molecule has 0 unspecified atom stereocenters. The molecule has 0 aliphatic rings. The number of hydrogen-bond donors (Lipinski definition) is 0. The lowest BCUT2D eigenvalue weighted by Crippen LogP contribution is -2.11. The highest BCUT2D eigenvalue weighted by atomic mass is 16.5. The van der Waals surface area contributed by atoms with Gasteiger partial charge in [0.05, 0.1) is 26.4 Å². The van der Waals surface area contributed by atoms with E-state index in [1.807, 2.05) is 0 Å². The van der Waals surface area contributed by atoms with Gasteiger partial charge in [-0.1, -0.05) is 32.1 Å². The summed E-state index contributed by atoms with van der Waals surface area (Å²) in [7, 11) is 0. The number of carbonyl (C=O) groups is 4. The van der Waals surface area contributed by atoms with Gasteiger partial charge in [-0.15, -0.1) is 0 Å². The first-order valence-corrected chi connectivity index (χ1v) is 12.0. The van der Waals surface area contributed by atoms with Gasteiger partial charge in [0.2, 0.25) is 0 Å².